The van der Waals surface area contributed by atoms with Crippen LogP contribution in [0.1, 0.15) is 35.4 Å². The molecule has 3 rings (SSSR count). The standard InChI is InChI=1S/C22H28O3Si/c1-26(2,3)16-17-12-13-18-8-7-9-19(21(18)14-17)15-24-22(23)25-20-10-5-4-6-11-20/h4-6,10-14,19H,7-9,15-16H2,1-3H3. The predicted octanol–water partition coefficient (Wildman–Crippen LogP) is 5.74. The second kappa shape index (κ2) is 8.08. The Kier molecular flexibility index (Phi) is 5.82. The summed E-state index contributed by atoms with van der Waals surface area (Å²) in [5.74, 6) is 0.780. The molecule has 0 amide bonds. The van der Waals surface area contributed by atoms with Gasteiger partial charge in [0.05, 0.1) is 0 Å². The van der Waals surface area contributed by atoms with Gasteiger partial charge in [0.1, 0.15) is 12.4 Å². The average molecular weight is 369 g/mol. The maximum atomic E-state index is 12.0. The maximum absolute atomic E-state index is 12.0. The molecule has 3 nitrogen and oxygen atoms in total. The number of hydrogen-bond donors (Lipinski definition) is 0. The average Bonchev–Trinajstić information content (AvgIpc) is 2.59. The van der Waals surface area contributed by atoms with Gasteiger partial charge in [0.25, 0.3) is 0 Å². The van der Waals surface area contributed by atoms with Crippen LogP contribution in [-0.2, 0) is 17.2 Å². The van der Waals surface area contributed by atoms with Crippen molar-refractivity contribution in [1.29, 1.82) is 0 Å². The molecule has 1 aliphatic carbocycles. The van der Waals surface area contributed by atoms with Gasteiger partial charge >= 0.3 is 6.16 Å². The number of fused-ring (bicyclic) bond motifs is 1. The van der Waals surface area contributed by atoms with E-state index >= 15 is 0 Å². The lowest BCUT2D eigenvalue weighted by atomic mass is 9.82. The molecule has 0 bridgehead atoms. The second-order valence-electron chi connectivity index (χ2n) is 8.34. The van der Waals surface area contributed by atoms with E-state index < -0.39 is 14.2 Å². The molecule has 0 radical (unpaired) electrons. The summed E-state index contributed by atoms with van der Waals surface area (Å²) in [6, 6.07) is 17.1. The monoisotopic (exact) mass is 368 g/mol. The van der Waals surface area contributed by atoms with Crippen molar-refractivity contribution in [3.63, 3.8) is 0 Å². The zero-order valence-electron chi connectivity index (χ0n) is 16.0. The van der Waals surface area contributed by atoms with Gasteiger partial charge in [-0.1, -0.05) is 61.6 Å². The van der Waals surface area contributed by atoms with Crippen molar-refractivity contribution in [2.24, 2.45) is 0 Å². The summed E-state index contributed by atoms with van der Waals surface area (Å²) in [5.41, 5.74) is 4.18. The Labute approximate surface area is 157 Å². The van der Waals surface area contributed by atoms with E-state index in [0.29, 0.717) is 12.4 Å². The first kappa shape index (κ1) is 18.7. The van der Waals surface area contributed by atoms with E-state index in [0.717, 1.165) is 19.3 Å². The topological polar surface area (TPSA) is 35.5 Å². The lowest BCUT2D eigenvalue weighted by Crippen LogP contribution is -2.24. The molecule has 2 aromatic rings. The Bertz CT molecular complexity index is 750. The molecule has 2 aromatic carbocycles. The molecule has 0 heterocycles. The quantitative estimate of drug-likeness (QED) is 0.383. The normalized spacial score (nSPS) is 16.7. The smallest absolute Gasteiger partial charge is 0.433 e. The Morgan fingerprint density at radius 2 is 1.88 bits per heavy atom. The molecule has 26 heavy (non-hydrogen) atoms. The highest BCUT2D eigenvalue weighted by molar-refractivity contribution is 6.75. The molecular formula is C22H28O3Si. The summed E-state index contributed by atoms with van der Waals surface area (Å²) >= 11 is 0. The Morgan fingerprint density at radius 1 is 1.12 bits per heavy atom. The number of hydrogen-bond acceptors (Lipinski definition) is 3. The zero-order chi connectivity index (χ0) is 18.6. The highest BCUT2D eigenvalue weighted by Gasteiger charge is 2.23. The van der Waals surface area contributed by atoms with Gasteiger partial charge in [-0.15, -0.1) is 0 Å². The summed E-state index contributed by atoms with van der Waals surface area (Å²) in [4.78, 5) is 12.0. The molecule has 0 aliphatic heterocycles. The molecule has 1 unspecified atom stereocenters. The summed E-state index contributed by atoms with van der Waals surface area (Å²) < 4.78 is 10.7. The van der Waals surface area contributed by atoms with Crippen molar-refractivity contribution in [3.8, 4) is 5.75 Å². The van der Waals surface area contributed by atoms with E-state index in [1.165, 1.54) is 22.7 Å². The van der Waals surface area contributed by atoms with Crippen LogP contribution in [-0.4, -0.2) is 20.8 Å². The first-order valence-electron chi connectivity index (χ1n) is 9.42. The van der Waals surface area contributed by atoms with Crippen LogP contribution in [0.4, 0.5) is 4.79 Å². The van der Waals surface area contributed by atoms with Crippen molar-refractivity contribution in [3.05, 3.63) is 65.2 Å². The van der Waals surface area contributed by atoms with Crippen molar-refractivity contribution in [2.45, 2.75) is 50.9 Å². The molecule has 1 atom stereocenters. The Balaban J connectivity index is 1.64. The number of carbonyl (C=O) groups is 1. The van der Waals surface area contributed by atoms with Crippen LogP contribution in [0.5, 0.6) is 5.75 Å². The second-order valence-corrected chi connectivity index (χ2v) is 13.8. The van der Waals surface area contributed by atoms with Gasteiger partial charge in [-0.3, -0.25) is 0 Å². The molecular weight excluding hydrogens is 340 g/mol. The number of para-hydroxylation sites is 1. The molecule has 0 saturated heterocycles. The van der Waals surface area contributed by atoms with Crippen molar-refractivity contribution < 1.29 is 14.3 Å². The highest BCUT2D eigenvalue weighted by Crippen LogP contribution is 2.33. The lowest BCUT2D eigenvalue weighted by Gasteiger charge is -2.26. The molecule has 0 spiro atoms. The fourth-order valence-corrected chi connectivity index (χ4v) is 5.07. The van der Waals surface area contributed by atoms with Gasteiger partial charge in [0, 0.05) is 14.0 Å². The van der Waals surface area contributed by atoms with Crippen molar-refractivity contribution in [1.82, 2.24) is 0 Å². The van der Waals surface area contributed by atoms with E-state index in [2.05, 4.69) is 37.8 Å². The summed E-state index contributed by atoms with van der Waals surface area (Å²) in [5, 5.41) is 0. The zero-order valence-corrected chi connectivity index (χ0v) is 17.0. The molecule has 0 saturated carbocycles. The van der Waals surface area contributed by atoms with Gasteiger partial charge < -0.3 is 9.47 Å². The minimum Gasteiger partial charge on any atom is -0.433 e. The fourth-order valence-electron chi connectivity index (χ4n) is 3.62. The van der Waals surface area contributed by atoms with Crippen LogP contribution >= 0.6 is 0 Å². The third kappa shape index (κ3) is 5.21. The first-order valence-corrected chi connectivity index (χ1v) is 13.1. The molecule has 0 N–H and O–H groups in total. The number of carbonyl (C=O) groups excluding carboxylic acids is 1. The number of rotatable bonds is 5. The van der Waals surface area contributed by atoms with Gasteiger partial charge in [0.15, 0.2) is 0 Å². The predicted molar refractivity (Wildman–Crippen MR) is 108 cm³/mol. The molecule has 0 fully saturated rings. The van der Waals surface area contributed by atoms with E-state index in [4.69, 9.17) is 9.47 Å². The third-order valence-electron chi connectivity index (χ3n) is 4.73. The molecule has 138 valence electrons. The van der Waals surface area contributed by atoms with Gasteiger partial charge in [0.2, 0.25) is 0 Å². The minimum atomic E-state index is -1.15. The van der Waals surface area contributed by atoms with Crippen molar-refractivity contribution >= 4 is 14.2 Å². The summed E-state index contributed by atoms with van der Waals surface area (Å²) in [7, 11) is -1.15. The third-order valence-corrected chi connectivity index (χ3v) is 6.20. The number of ether oxygens (including phenoxy) is 2. The molecule has 4 heteroatoms. The minimum absolute atomic E-state index is 0.267. The largest absolute Gasteiger partial charge is 0.513 e. The van der Waals surface area contributed by atoms with E-state index in [1.807, 2.05) is 18.2 Å². The van der Waals surface area contributed by atoms with Gasteiger partial charge in [-0.05, 0) is 48.6 Å². The first-order chi connectivity index (χ1) is 12.4. The van der Waals surface area contributed by atoms with Crippen LogP contribution in [0.15, 0.2) is 48.5 Å². The molecule has 0 aromatic heterocycles. The van der Waals surface area contributed by atoms with Crippen LogP contribution in [0.2, 0.25) is 19.6 Å². The number of benzene rings is 2. The lowest BCUT2D eigenvalue weighted by molar-refractivity contribution is 0.0912. The highest BCUT2D eigenvalue weighted by atomic mass is 28.3. The van der Waals surface area contributed by atoms with E-state index in [1.54, 1.807) is 12.1 Å². The summed E-state index contributed by atoms with van der Waals surface area (Å²) in [6.07, 6.45) is 2.69. The summed E-state index contributed by atoms with van der Waals surface area (Å²) in [6.45, 7) is 7.57. The van der Waals surface area contributed by atoms with Crippen LogP contribution in [0, 0.1) is 0 Å². The van der Waals surface area contributed by atoms with Crippen LogP contribution in [0.3, 0.4) is 0 Å². The Morgan fingerprint density at radius 3 is 2.62 bits per heavy atom. The van der Waals surface area contributed by atoms with Gasteiger partial charge in [-0.25, -0.2) is 4.79 Å². The van der Waals surface area contributed by atoms with Crippen molar-refractivity contribution in [2.75, 3.05) is 6.61 Å². The van der Waals surface area contributed by atoms with Crippen LogP contribution < -0.4 is 4.74 Å². The SMILES string of the molecule is C[Si](C)(C)Cc1ccc2c(c1)C(COC(=O)Oc1ccccc1)CCC2. The van der Waals surface area contributed by atoms with Crippen LogP contribution in [0.25, 0.3) is 0 Å². The Hall–Kier alpha value is -2.07. The maximum Gasteiger partial charge on any atom is 0.513 e. The molecule has 1 aliphatic rings. The fraction of sp³-hybridized carbons (Fsp3) is 0.409. The number of aryl methyl sites for hydroxylation is 1. The van der Waals surface area contributed by atoms with E-state index in [-0.39, 0.29) is 5.92 Å². The van der Waals surface area contributed by atoms with Gasteiger partial charge in [-0.2, -0.15) is 0 Å². The van der Waals surface area contributed by atoms with E-state index in [9.17, 15) is 4.79 Å².